The van der Waals surface area contributed by atoms with Gasteiger partial charge in [0, 0.05) is 24.1 Å². The molecule has 10 heteroatoms. The van der Waals surface area contributed by atoms with Gasteiger partial charge >= 0.3 is 0 Å². The number of fused-ring (bicyclic) bond motifs is 1. The second-order valence-corrected chi connectivity index (χ2v) is 14.2. The highest BCUT2D eigenvalue weighted by molar-refractivity contribution is 7.89. The first-order valence-electron chi connectivity index (χ1n) is 14.0. The molecule has 2 aromatic heterocycles. The summed E-state index contributed by atoms with van der Waals surface area (Å²) in [5, 5.41) is 10.0. The molecular weight excluding hydrogens is 512 g/mol. The van der Waals surface area contributed by atoms with E-state index in [4.69, 9.17) is 0 Å². The van der Waals surface area contributed by atoms with Crippen LogP contribution in [0.25, 0.3) is 11.3 Å². The van der Waals surface area contributed by atoms with Crippen molar-refractivity contribution in [3.05, 3.63) is 53.6 Å². The second-order valence-electron chi connectivity index (χ2n) is 12.3. The summed E-state index contributed by atoms with van der Waals surface area (Å²) in [7, 11) is -3.83. The fourth-order valence-electron chi connectivity index (χ4n) is 8.32. The number of anilines is 1. The maximum Gasteiger partial charge on any atom is 0.247 e. The predicted octanol–water partition coefficient (Wildman–Crippen LogP) is 4.47. The smallest absolute Gasteiger partial charge is 0.247 e. The van der Waals surface area contributed by atoms with Gasteiger partial charge in [0.2, 0.25) is 15.9 Å². The SMILES string of the molecule is Cc1ccccc1-c1[nH]ncc1S(=O)(=O)N1CCc2c(ncnc2NC(=O)CC23CC4CC(CC(C4)C2)C3)C1. The first-order valence-corrected chi connectivity index (χ1v) is 15.5. The molecule has 5 aliphatic rings. The number of nitrogens with zero attached hydrogens (tertiary/aromatic N) is 4. The largest absolute Gasteiger partial charge is 0.310 e. The molecule has 0 radical (unpaired) electrons. The normalized spacial score (nSPS) is 27.9. The van der Waals surface area contributed by atoms with Crippen LogP contribution in [-0.2, 0) is 27.8 Å². The topological polar surface area (TPSA) is 121 Å². The van der Waals surface area contributed by atoms with Crippen molar-refractivity contribution in [1.82, 2.24) is 24.5 Å². The van der Waals surface area contributed by atoms with Crippen molar-refractivity contribution in [2.24, 2.45) is 23.2 Å². The molecule has 8 rings (SSSR count). The molecule has 0 unspecified atom stereocenters. The summed E-state index contributed by atoms with van der Waals surface area (Å²) in [5.74, 6) is 2.94. The van der Waals surface area contributed by atoms with Gasteiger partial charge in [-0.3, -0.25) is 9.89 Å². The van der Waals surface area contributed by atoms with Crippen LogP contribution < -0.4 is 5.32 Å². The quantitative estimate of drug-likeness (QED) is 0.471. The Bertz CT molecular complexity index is 1510. The van der Waals surface area contributed by atoms with Crippen molar-refractivity contribution < 1.29 is 13.2 Å². The van der Waals surface area contributed by atoms with Crippen LogP contribution in [0.5, 0.6) is 0 Å². The van der Waals surface area contributed by atoms with Crippen molar-refractivity contribution in [1.29, 1.82) is 0 Å². The number of aryl methyl sites for hydroxylation is 1. The average molecular weight is 547 g/mol. The van der Waals surface area contributed by atoms with Gasteiger partial charge in [-0.15, -0.1) is 0 Å². The summed E-state index contributed by atoms with van der Waals surface area (Å²) in [6.45, 7) is 2.34. The highest BCUT2D eigenvalue weighted by Gasteiger charge is 2.51. The van der Waals surface area contributed by atoms with Gasteiger partial charge in [-0.2, -0.15) is 9.40 Å². The Kier molecular flexibility index (Phi) is 5.89. The lowest BCUT2D eigenvalue weighted by molar-refractivity contribution is -0.124. The fourth-order valence-corrected chi connectivity index (χ4v) is 9.82. The zero-order chi connectivity index (χ0) is 26.8. The van der Waals surface area contributed by atoms with Gasteiger partial charge in [0.05, 0.1) is 24.1 Å². The molecule has 39 heavy (non-hydrogen) atoms. The number of carbonyl (C=O) groups excluding carboxylic acids is 1. The molecule has 3 aromatic rings. The zero-order valence-corrected chi connectivity index (χ0v) is 23.0. The Morgan fingerprint density at radius 1 is 1.10 bits per heavy atom. The molecule has 4 bridgehead atoms. The first-order chi connectivity index (χ1) is 18.8. The Morgan fingerprint density at radius 3 is 2.54 bits per heavy atom. The molecule has 1 aromatic carbocycles. The molecule has 4 saturated carbocycles. The third kappa shape index (κ3) is 4.37. The molecule has 0 saturated heterocycles. The number of hydrogen-bond donors (Lipinski definition) is 2. The van der Waals surface area contributed by atoms with Gasteiger partial charge in [-0.25, -0.2) is 18.4 Å². The molecule has 2 N–H and O–H groups in total. The lowest BCUT2D eigenvalue weighted by Crippen LogP contribution is -2.47. The van der Waals surface area contributed by atoms with E-state index >= 15 is 0 Å². The number of sulfonamides is 1. The van der Waals surface area contributed by atoms with Crippen molar-refractivity contribution in [3.63, 3.8) is 0 Å². The number of aromatic nitrogens is 4. The van der Waals surface area contributed by atoms with Crippen LogP contribution in [0.3, 0.4) is 0 Å². The number of rotatable bonds is 6. The molecule has 9 nitrogen and oxygen atoms in total. The number of H-pyrrole nitrogens is 1. The Morgan fingerprint density at radius 2 is 1.82 bits per heavy atom. The van der Waals surface area contributed by atoms with Crippen molar-refractivity contribution in [2.75, 3.05) is 11.9 Å². The van der Waals surface area contributed by atoms with E-state index in [1.54, 1.807) is 0 Å². The minimum absolute atomic E-state index is 0.0224. The van der Waals surface area contributed by atoms with Gasteiger partial charge in [0.1, 0.15) is 17.0 Å². The zero-order valence-electron chi connectivity index (χ0n) is 22.2. The number of carbonyl (C=O) groups is 1. The minimum atomic E-state index is -3.83. The van der Waals surface area contributed by atoms with E-state index in [0.717, 1.165) is 34.4 Å². The molecule has 3 heterocycles. The molecule has 0 atom stereocenters. The van der Waals surface area contributed by atoms with Crippen LogP contribution in [0, 0.1) is 30.1 Å². The average Bonchev–Trinajstić information content (AvgIpc) is 3.38. The van der Waals surface area contributed by atoms with Crippen LogP contribution in [0.1, 0.15) is 61.8 Å². The molecule has 204 valence electrons. The van der Waals surface area contributed by atoms with E-state index in [9.17, 15) is 13.2 Å². The molecule has 0 spiro atoms. The minimum Gasteiger partial charge on any atom is -0.310 e. The van der Waals surface area contributed by atoms with Crippen LogP contribution in [-0.4, -0.2) is 45.3 Å². The van der Waals surface area contributed by atoms with Gasteiger partial charge < -0.3 is 5.32 Å². The number of benzene rings is 1. The third-order valence-corrected chi connectivity index (χ3v) is 11.4. The monoisotopic (exact) mass is 546 g/mol. The predicted molar refractivity (Wildman–Crippen MR) is 146 cm³/mol. The van der Waals surface area contributed by atoms with Crippen LogP contribution in [0.4, 0.5) is 5.82 Å². The van der Waals surface area contributed by atoms with Crippen molar-refractivity contribution in [2.45, 2.75) is 69.7 Å². The van der Waals surface area contributed by atoms with E-state index in [1.807, 2.05) is 31.2 Å². The summed E-state index contributed by atoms with van der Waals surface area (Å²) in [5.41, 5.74) is 3.86. The van der Waals surface area contributed by atoms with E-state index < -0.39 is 10.0 Å². The number of hydrogen-bond acceptors (Lipinski definition) is 6. The van der Waals surface area contributed by atoms with Gasteiger partial charge in [-0.1, -0.05) is 24.3 Å². The summed E-state index contributed by atoms with van der Waals surface area (Å²) in [4.78, 5) is 22.2. The summed E-state index contributed by atoms with van der Waals surface area (Å²) >= 11 is 0. The van der Waals surface area contributed by atoms with Gasteiger partial charge in [0.25, 0.3) is 0 Å². The van der Waals surface area contributed by atoms with Crippen molar-refractivity contribution in [3.8, 4) is 11.3 Å². The highest BCUT2D eigenvalue weighted by atomic mass is 32.2. The van der Waals surface area contributed by atoms with Crippen molar-refractivity contribution >= 4 is 21.7 Å². The number of aromatic amines is 1. The standard InChI is InChI=1S/C29H34N6O3S/c1-18-4-2-3-5-22(18)27-25(15-32-34-27)39(37,38)35-7-6-23-24(16-35)30-17-31-28(23)33-26(36)14-29-11-19-8-20(12-29)10-21(9-19)13-29/h2-5,15,17,19-21H,6-14,16H2,1H3,(H,32,34)(H,30,31,33,36). The molecular formula is C29H34N6O3S. The van der Waals surface area contributed by atoms with E-state index in [-0.39, 0.29) is 29.3 Å². The Hall–Kier alpha value is -3.11. The second kappa shape index (κ2) is 9.23. The van der Waals surface area contributed by atoms with Gasteiger partial charge in [0.15, 0.2) is 0 Å². The lowest BCUT2D eigenvalue weighted by atomic mass is 9.49. The van der Waals surface area contributed by atoms with Gasteiger partial charge in [-0.05, 0) is 80.6 Å². The lowest BCUT2D eigenvalue weighted by Gasteiger charge is -2.56. The summed E-state index contributed by atoms with van der Waals surface area (Å²) < 4.78 is 28.9. The fraction of sp³-hybridized carbons (Fsp3) is 0.517. The Balaban J connectivity index is 1.09. The van der Waals surface area contributed by atoms with E-state index in [1.165, 1.54) is 55.4 Å². The number of amides is 1. The Labute approximate surface area is 228 Å². The van der Waals surface area contributed by atoms with E-state index in [0.29, 0.717) is 30.0 Å². The van der Waals surface area contributed by atoms with E-state index in [2.05, 4.69) is 25.5 Å². The summed E-state index contributed by atoms with van der Waals surface area (Å²) in [6.07, 6.45) is 11.4. The molecule has 4 aliphatic carbocycles. The first kappa shape index (κ1) is 24.9. The number of nitrogens with one attached hydrogen (secondary N) is 2. The molecule has 4 fully saturated rings. The summed E-state index contributed by atoms with van der Waals surface area (Å²) in [6, 6.07) is 7.63. The molecule has 1 amide bonds. The van der Waals surface area contributed by atoms with Crippen LogP contribution >= 0.6 is 0 Å². The van der Waals surface area contributed by atoms with Crippen LogP contribution in [0.2, 0.25) is 0 Å². The highest BCUT2D eigenvalue weighted by Crippen LogP contribution is 2.61. The maximum absolute atomic E-state index is 13.7. The maximum atomic E-state index is 13.7. The molecule has 1 aliphatic heterocycles. The third-order valence-electron chi connectivity index (χ3n) is 9.57. The van der Waals surface area contributed by atoms with Crippen LogP contribution in [0.15, 0.2) is 41.7 Å².